The zero-order valence-electron chi connectivity index (χ0n) is 16.6. The fourth-order valence-corrected chi connectivity index (χ4v) is 5.64. The maximum Gasteiger partial charge on any atom is 0.199 e. The maximum atomic E-state index is 12.5. The molecule has 7 heteroatoms. The van der Waals surface area contributed by atoms with Gasteiger partial charge >= 0.3 is 0 Å². The number of fused-ring (bicyclic) bond motifs is 1. The Bertz CT molecular complexity index is 1260. The number of likely N-dealkylation sites (tertiary alicyclic amines) is 1. The first-order chi connectivity index (χ1) is 14.6. The molecule has 0 aliphatic carbocycles. The van der Waals surface area contributed by atoms with Crippen LogP contribution in [-0.4, -0.2) is 41.6 Å². The molecule has 0 amide bonds. The molecular weight excluding hydrogens is 396 g/mol. The molecule has 5 rings (SSSR count). The minimum absolute atomic E-state index is 0.0190. The lowest BCUT2D eigenvalue weighted by molar-refractivity contribution is 0.328. The molecule has 3 heterocycles. The number of rotatable bonds is 6. The third-order valence-corrected chi connectivity index (χ3v) is 7.54. The molecular formula is C23H24N4O2S. The van der Waals surface area contributed by atoms with Crippen LogP contribution in [-0.2, 0) is 22.1 Å². The lowest BCUT2D eigenvalue weighted by Crippen LogP contribution is -2.19. The van der Waals surface area contributed by atoms with Gasteiger partial charge in [0.15, 0.2) is 14.9 Å². The van der Waals surface area contributed by atoms with Crippen molar-refractivity contribution < 1.29 is 8.42 Å². The van der Waals surface area contributed by atoms with E-state index in [4.69, 9.17) is 0 Å². The van der Waals surface area contributed by atoms with E-state index >= 15 is 0 Å². The van der Waals surface area contributed by atoms with Gasteiger partial charge in [-0.1, -0.05) is 42.5 Å². The molecule has 2 aromatic heterocycles. The fraction of sp³-hybridized carbons (Fsp3) is 0.261. The van der Waals surface area contributed by atoms with Crippen LogP contribution in [0.1, 0.15) is 29.0 Å². The average molecular weight is 421 g/mol. The van der Waals surface area contributed by atoms with Crippen molar-refractivity contribution in [3.05, 3.63) is 83.7 Å². The van der Waals surface area contributed by atoms with Crippen LogP contribution < -0.4 is 0 Å². The van der Waals surface area contributed by atoms with Crippen LogP contribution in [0.4, 0.5) is 0 Å². The molecule has 30 heavy (non-hydrogen) atoms. The number of nitrogens with zero attached hydrogens (tertiary/aromatic N) is 2. The summed E-state index contributed by atoms with van der Waals surface area (Å²) in [7, 11) is -3.41. The van der Waals surface area contributed by atoms with Crippen LogP contribution in [0.2, 0.25) is 0 Å². The number of nitrogens with one attached hydrogen (secondary N) is 2. The summed E-state index contributed by atoms with van der Waals surface area (Å²) in [6, 6.07) is 17.9. The normalized spacial score (nSPS) is 17.7. The zero-order valence-corrected chi connectivity index (χ0v) is 17.4. The van der Waals surface area contributed by atoms with Gasteiger partial charge in [-0.25, -0.2) is 8.42 Å². The van der Waals surface area contributed by atoms with Gasteiger partial charge in [0.2, 0.25) is 0 Å². The summed E-state index contributed by atoms with van der Waals surface area (Å²) in [6.07, 6.45) is 4.65. The molecule has 4 aromatic rings. The second-order valence-corrected chi connectivity index (χ2v) is 9.96. The van der Waals surface area contributed by atoms with Gasteiger partial charge in [0.25, 0.3) is 0 Å². The van der Waals surface area contributed by atoms with Gasteiger partial charge in [0.1, 0.15) is 0 Å². The molecule has 1 atom stereocenters. The van der Waals surface area contributed by atoms with Crippen LogP contribution in [0.15, 0.2) is 72.0 Å². The quantitative estimate of drug-likeness (QED) is 0.496. The number of sulfone groups is 1. The molecule has 1 fully saturated rings. The Labute approximate surface area is 175 Å². The second kappa shape index (κ2) is 7.74. The van der Waals surface area contributed by atoms with Crippen molar-refractivity contribution in [2.75, 3.05) is 13.1 Å². The van der Waals surface area contributed by atoms with Gasteiger partial charge in [-0.15, -0.1) is 0 Å². The minimum atomic E-state index is -3.41. The lowest BCUT2D eigenvalue weighted by Gasteiger charge is -2.16. The Morgan fingerprint density at radius 3 is 2.87 bits per heavy atom. The van der Waals surface area contributed by atoms with Crippen molar-refractivity contribution in [1.29, 1.82) is 0 Å². The van der Waals surface area contributed by atoms with E-state index in [-0.39, 0.29) is 10.8 Å². The van der Waals surface area contributed by atoms with Crippen LogP contribution in [0, 0.1) is 0 Å². The largest absolute Gasteiger partial charge is 0.361 e. The van der Waals surface area contributed by atoms with Gasteiger partial charge < -0.3 is 4.98 Å². The Kier molecular flexibility index (Phi) is 4.92. The first kappa shape index (κ1) is 19.1. The van der Waals surface area contributed by atoms with E-state index in [2.05, 4.69) is 50.5 Å². The predicted octanol–water partition coefficient (Wildman–Crippen LogP) is 3.85. The number of aromatic amines is 2. The van der Waals surface area contributed by atoms with E-state index in [0.29, 0.717) is 5.92 Å². The number of H-pyrrole nitrogens is 2. The number of aromatic nitrogens is 3. The van der Waals surface area contributed by atoms with E-state index in [1.54, 1.807) is 0 Å². The van der Waals surface area contributed by atoms with Crippen LogP contribution >= 0.6 is 0 Å². The summed E-state index contributed by atoms with van der Waals surface area (Å²) >= 11 is 0. The van der Waals surface area contributed by atoms with E-state index in [1.807, 2.05) is 24.3 Å². The first-order valence-corrected chi connectivity index (χ1v) is 11.8. The molecule has 1 unspecified atom stereocenters. The lowest BCUT2D eigenvalue weighted by atomic mass is 9.97. The molecule has 1 saturated heterocycles. The second-order valence-electron chi connectivity index (χ2n) is 8.01. The summed E-state index contributed by atoms with van der Waals surface area (Å²) in [6.45, 7) is 2.95. The highest BCUT2D eigenvalue weighted by Crippen LogP contribution is 2.30. The van der Waals surface area contributed by atoms with Gasteiger partial charge in [0, 0.05) is 30.2 Å². The van der Waals surface area contributed by atoms with Crippen molar-refractivity contribution in [3.63, 3.8) is 0 Å². The summed E-state index contributed by atoms with van der Waals surface area (Å²) in [5.41, 5.74) is 4.53. The topological polar surface area (TPSA) is 81.8 Å². The highest BCUT2D eigenvalue weighted by atomic mass is 32.2. The molecule has 0 spiro atoms. The Morgan fingerprint density at radius 2 is 2.00 bits per heavy atom. The monoisotopic (exact) mass is 420 g/mol. The highest BCUT2D eigenvalue weighted by Gasteiger charge is 2.25. The molecule has 2 N–H and O–H groups in total. The van der Waals surface area contributed by atoms with Gasteiger partial charge in [0.05, 0.1) is 11.9 Å². The van der Waals surface area contributed by atoms with Crippen molar-refractivity contribution in [2.24, 2.45) is 0 Å². The van der Waals surface area contributed by atoms with E-state index < -0.39 is 9.84 Å². The number of para-hydroxylation sites is 1. The van der Waals surface area contributed by atoms with Gasteiger partial charge in [-0.3, -0.25) is 10.00 Å². The van der Waals surface area contributed by atoms with Crippen LogP contribution in [0.25, 0.3) is 10.9 Å². The smallest absolute Gasteiger partial charge is 0.199 e. The van der Waals surface area contributed by atoms with E-state index in [1.165, 1.54) is 34.3 Å². The van der Waals surface area contributed by atoms with Crippen LogP contribution in [0.3, 0.4) is 0 Å². The number of hydrogen-bond donors (Lipinski definition) is 2. The molecule has 0 saturated carbocycles. The molecule has 2 aromatic carbocycles. The number of benzene rings is 2. The SMILES string of the molecule is O=S(=O)(Cc1cccc(C2CCN(Cc3c[nH]c4ccccc34)C2)c1)c1ccn[nH]1. The molecule has 0 radical (unpaired) electrons. The van der Waals surface area contributed by atoms with Gasteiger partial charge in [-0.05, 0) is 47.7 Å². The average Bonchev–Trinajstić information content (AvgIpc) is 3.50. The van der Waals surface area contributed by atoms with Crippen molar-refractivity contribution in [3.8, 4) is 0 Å². The predicted molar refractivity (Wildman–Crippen MR) is 117 cm³/mol. The standard InChI is InChI=1S/C23H24N4O2S/c28-30(29,23-8-10-25-26-23)16-17-4-3-5-18(12-17)19-9-11-27(14-19)15-20-13-24-22-7-2-1-6-21(20)22/h1-8,10,12-13,19,24H,9,11,14-16H2,(H,25,26). The van der Waals surface area contributed by atoms with Gasteiger partial charge in [-0.2, -0.15) is 5.10 Å². The molecule has 1 aliphatic rings. The Morgan fingerprint density at radius 1 is 1.10 bits per heavy atom. The van der Waals surface area contributed by atoms with E-state index in [0.717, 1.165) is 31.6 Å². The molecule has 0 bridgehead atoms. The Balaban J connectivity index is 1.28. The highest BCUT2D eigenvalue weighted by molar-refractivity contribution is 7.90. The molecule has 6 nitrogen and oxygen atoms in total. The zero-order chi connectivity index (χ0) is 20.6. The minimum Gasteiger partial charge on any atom is -0.361 e. The van der Waals surface area contributed by atoms with Crippen molar-refractivity contribution in [2.45, 2.75) is 29.7 Å². The van der Waals surface area contributed by atoms with E-state index in [9.17, 15) is 8.42 Å². The van der Waals surface area contributed by atoms with Crippen molar-refractivity contribution in [1.82, 2.24) is 20.1 Å². The van der Waals surface area contributed by atoms with Crippen LogP contribution in [0.5, 0.6) is 0 Å². The molecule has 1 aliphatic heterocycles. The molecule has 154 valence electrons. The fourth-order valence-electron chi connectivity index (χ4n) is 4.40. The summed E-state index contributed by atoms with van der Waals surface area (Å²) < 4.78 is 25.1. The first-order valence-electron chi connectivity index (χ1n) is 10.2. The van der Waals surface area contributed by atoms with Crippen molar-refractivity contribution >= 4 is 20.7 Å². The summed E-state index contributed by atoms with van der Waals surface area (Å²) in [5.74, 6) is 0.402. The Hall–Kier alpha value is -2.90. The third-order valence-electron chi connectivity index (χ3n) is 5.93. The summed E-state index contributed by atoms with van der Waals surface area (Å²) in [4.78, 5) is 5.84. The summed E-state index contributed by atoms with van der Waals surface area (Å²) in [5, 5.41) is 7.77. The number of hydrogen-bond acceptors (Lipinski definition) is 4. The maximum absolute atomic E-state index is 12.5. The third kappa shape index (κ3) is 3.78.